The molecular weight excluding hydrogens is 275 g/mol. The second-order valence-corrected chi connectivity index (χ2v) is 7.42. The minimum Gasteiger partial charge on any atom is -0.402 e. The number of aromatic nitrogens is 1. The number of nitrogens with zero attached hydrogens (tertiary/aromatic N) is 2. The molecule has 0 aromatic carbocycles. The first-order chi connectivity index (χ1) is 10.4. The van der Waals surface area contributed by atoms with E-state index in [1.54, 1.807) is 0 Å². The van der Waals surface area contributed by atoms with Gasteiger partial charge >= 0.3 is 7.12 Å². The Labute approximate surface area is 134 Å². The van der Waals surface area contributed by atoms with Gasteiger partial charge in [-0.3, -0.25) is 0 Å². The predicted molar refractivity (Wildman–Crippen MR) is 89.9 cm³/mol. The highest BCUT2D eigenvalue weighted by Crippen LogP contribution is 2.39. The zero-order valence-corrected chi connectivity index (χ0v) is 14.2. The van der Waals surface area contributed by atoms with Crippen LogP contribution in [0.4, 0.5) is 5.82 Å². The van der Waals surface area contributed by atoms with Crippen LogP contribution in [0.15, 0.2) is 24.4 Å². The van der Waals surface area contributed by atoms with Crippen molar-refractivity contribution >= 4 is 12.9 Å². The second-order valence-electron chi connectivity index (χ2n) is 7.42. The molecule has 5 heteroatoms. The normalized spacial score (nSPS) is 27.7. The molecule has 3 rings (SSSR count). The van der Waals surface area contributed by atoms with Crippen molar-refractivity contribution in [2.45, 2.75) is 70.5 Å². The summed E-state index contributed by atoms with van der Waals surface area (Å²) in [5, 5.41) is 0. The first kappa shape index (κ1) is 15.8. The molecule has 0 radical (unpaired) electrons. The lowest BCUT2D eigenvalue weighted by molar-refractivity contribution is 0.00578. The molecule has 0 amide bonds. The third-order valence-corrected chi connectivity index (χ3v) is 5.33. The van der Waals surface area contributed by atoms with Gasteiger partial charge in [0.15, 0.2) is 0 Å². The molecule has 0 aliphatic carbocycles. The minimum absolute atomic E-state index is 0.190. The number of pyridine rings is 1. The predicted octanol–water partition coefficient (Wildman–Crippen LogP) is 3.46. The fourth-order valence-electron chi connectivity index (χ4n) is 3.27. The van der Waals surface area contributed by atoms with E-state index in [0.29, 0.717) is 0 Å². The fourth-order valence-corrected chi connectivity index (χ4v) is 3.27. The molecule has 22 heavy (non-hydrogen) atoms. The van der Waals surface area contributed by atoms with Crippen molar-refractivity contribution in [3.8, 4) is 0 Å². The molecule has 2 aliphatic heterocycles. The molecule has 1 atom stereocenters. The largest absolute Gasteiger partial charge is 0.482 e. The topological polar surface area (TPSA) is 34.6 Å². The minimum atomic E-state index is -0.278. The van der Waals surface area contributed by atoms with E-state index in [1.807, 2.05) is 12.3 Å². The quantitative estimate of drug-likeness (QED) is 0.784. The Balaban J connectivity index is 1.86. The SMILES string of the molecule is CC1(C)OB([C@H]2CCCCCN2c2ccccn2)OC1(C)C. The molecule has 1 aromatic rings. The molecular formula is C17H27BN2O2. The van der Waals surface area contributed by atoms with Gasteiger partial charge in [0.1, 0.15) is 5.82 Å². The lowest BCUT2D eigenvalue weighted by Gasteiger charge is -2.32. The van der Waals surface area contributed by atoms with Gasteiger partial charge in [0.25, 0.3) is 0 Å². The molecule has 2 saturated heterocycles. The van der Waals surface area contributed by atoms with Crippen LogP contribution in [0.3, 0.4) is 0 Å². The van der Waals surface area contributed by atoms with Gasteiger partial charge in [-0.25, -0.2) is 4.98 Å². The Bertz CT molecular complexity index is 491. The highest BCUT2D eigenvalue weighted by molar-refractivity contribution is 6.48. The lowest BCUT2D eigenvalue weighted by atomic mass is 9.74. The Morgan fingerprint density at radius 1 is 1.09 bits per heavy atom. The summed E-state index contributed by atoms with van der Waals surface area (Å²) in [5.74, 6) is 1.27. The molecule has 120 valence electrons. The first-order valence-corrected chi connectivity index (χ1v) is 8.44. The highest BCUT2D eigenvalue weighted by Gasteiger charge is 2.55. The van der Waals surface area contributed by atoms with Crippen molar-refractivity contribution in [1.29, 1.82) is 0 Å². The summed E-state index contributed by atoms with van der Waals surface area (Å²) >= 11 is 0. The van der Waals surface area contributed by atoms with Gasteiger partial charge in [-0.1, -0.05) is 18.9 Å². The first-order valence-electron chi connectivity index (χ1n) is 8.44. The number of hydrogen-bond donors (Lipinski definition) is 0. The van der Waals surface area contributed by atoms with E-state index in [0.717, 1.165) is 18.8 Å². The van der Waals surface area contributed by atoms with Crippen LogP contribution in [0.1, 0.15) is 53.4 Å². The van der Waals surface area contributed by atoms with Gasteiger partial charge in [0.2, 0.25) is 0 Å². The van der Waals surface area contributed by atoms with Crippen molar-refractivity contribution in [3.63, 3.8) is 0 Å². The third-order valence-electron chi connectivity index (χ3n) is 5.33. The van der Waals surface area contributed by atoms with E-state index in [9.17, 15) is 0 Å². The number of rotatable bonds is 2. The van der Waals surface area contributed by atoms with Crippen LogP contribution in [0.25, 0.3) is 0 Å². The summed E-state index contributed by atoms with van der Waals surface area (Å²) in [5.41, 5.74) is -0.556. The zero-order valence-electron chi connectivity index (χ0n) is 14.2. The van der Waals surface area contributed by atoms with Crippen molar-refractivity contribution in [3.05, 3.63) is 24.4 Å². The maximum atomic E-state index is 6.32. The summed E-state index contributed by atoms with van der Waals surface area (Å²) in [6.45, 7) is 9.50. The van der Waals surface area contributed by atoms with E-state index >= 15 is 0 Å². The van der Waals surface area contributed by atoms with Crippen LogP contribution in [-0.2, 0) is 9.31 Å². The third kappa shape index (κ3) is 2.89. The summed E-state index contributed by atoms with van der Waals surface area (Å²) in [4.78, 5) is 6.94. The van der Waals surface area contributed by atoms with Crippen LogP contribution in [0.5, 0.6) is 0 Å². The van der Waals surface area contributed by atoms with Gasteiger partial charge in [0, 0.05) is 12.7 Å². The van der Waals surface area contributed by atoms with E-state index < -0.39 is 0 Å². The van der Waals surface area contributed by atoms with Crippen molar-refractivity contribution in [2.24, 2.45) is 0 Å². The molecule has 1 aromatic heterocycles. The molecule has 4 nitrogen and oxygen atoms in total. The van der Waals surface area contributed by atoms with Gasteiger partial charge in [0.05, 0.1) is 17.1 Å². The van der Waals surface area contributed by atoms with E-state index in [4.69, 9.17) is 9.31 Å². The molecule has 0 N–H and O–H groups in total. The highest BCUT2D eigenvalue weighted by atomic mass is 16.7. The van der Waals surface area contributed by atoms with Gasteiger partial charge in [-0.05, 0) is 52.7 Å². The van der Waals surface area contributed by atoms with Crippen molar-refractivity contribution in [1.82, 2.24) is 4.98 Å². The van der Waals surface area contributed by atoms with Gasteiger partial charge in [-0.15, -0.1) is 0 Å². The summed E-state index contributed by atoms with van der Waals surface area (Å²) in [6.07, 6.45) is 6.64. The van der Waals surface area contributed by atoms with Crippen molar-refractivity contribution in [2.75, 3.05) is 11.4 Å². The maximum Gasteiger partial charge on any atom is 0.482 e. The van der Waals surface area contributed by atoms with Crippen LogP contribution < -0.4 is 4.90 Å². The standard InChI is InChI=1S/C17H27BN2O2/c1-16(2)17(3,4)22-18(21-16)14-10-6-5-9-13-20(14)15-11-7-8-12-19-15/h7-8,11-12,14H,5-6,9-10,13H2,1-4H3/t14-/m1/s1. The van der Waals surface area contributed by atoms with Gasteiger partial charge in [-0.2, -0.15) is 0 Å². The maximum absolute atomic E-state index is 6.32. The monoisotopic (exact) mass is 302 g/mol. The van der Waals surface area contributed by atoms with E-state index in [-0.39, 0.29) is 24.3 Å². The summed E-state index contributed by atoms with van der Waals surface area (Å²) in [7, 11) is -0.190. The molecule has 0 unspecified atom stereocenters. The number of hydrogen-bond acceptors (Lipinski definition) is 4. The Hall–Kier alpha value is -1.07. The van der Waals surface area contributed by atoms with Crippen LogP contribution >= 0.6 is 0 Å². The smallest absolute Gasteiger partial charge is 0.402 e. The Kier molecular flexibility index (Phi) is 4.21. The van der Waals surface area contributed by atoms with Crippen molar-refractivity contribution < 1.29 is 9.31 Å². The van der Waals surface area contributed by atoms with Crippen LogP contribution in [0.2, 0.25) is 0 Å². The second kappa shape index (κ2) is 5.86. The lowest BCUT2D eigenvalue weighted by Crippen LogP contribution is -2.48. The number of anilines is 1. The van der Waals surface area contributed by atoms with Crippen LogP contribution in [0, 0.1) is 0 Å². The summed E-state index contributed by atoms with van der Waals surface area (Å²) < 4.78 is 12.6. The average Bonchev–Trinajstić information content (AvgIpc) is 2.65. The zero-order chi connectivity index (χ0) is 15.8. The molecule has 0 saturated carbocycles. The molecule has 0 bridgehead atoms. The van der Waals surface area contributed by atoms with E-state index in [2.05, 4.69) is 49.7 Å². The molecule has 2 fully saturated rings. The fraction of sp³-hybridized carbons (Fsp3) is 0.706. The Morgan fingerprint density at radius 3 is 2.45 bits per heavy atom. The van der Waals surface area contributed by atoms with Gasteiger partial charge < -0.3 is 14.2 Å². The van der Waals surface area contributed by atoms with Crippen LogP contribution in [-0.4, -0.2) is 35.8 Å². The van der Waals surface area contributed by atoms with E-state index in [1.165, 1.54) is 19.3 Å². The summed E-state index contributed by atoms with van der Waals surface area (Å²) in [6, 6.07) is 6.10. The molecule has 3 heterocycles. The molecule has 0 spiro atoms. The Morgan fingerprint density at radius 2 is 1.82 bits per heavy atom. The average molecular weight is 302 g/mol. The molecule has 2 aliphatic rings.